The van der Waals surface area contributed by atoms with E-state index in [1.807, 2.05) is 0 Å². The number of rotatable bonds is 7. The third-order valence-corrected chi connectivity index (χ3v) is 6.30. The lowest BCUT2D eigenvalue weighted by molar-refractivity contribution is 0.129. The predicted molar refractivity (Wildman–Crippen MR) is 90.0 cm³/mol. The number of nitriles is 1. The molecule has 0 aromatic heterocycles. The zero-order chi connectivity index (χ0) is 15.0. The largest absolute Gasteiger partial charge is 0.198 e. The van der Waals surface area contributed by atoms with Gasteiger partial charge in [-0.1, -0.05) is 71.1 Å². The normalized spacial score (nSPS) is 31.0. The molecule has 2 aliphatic carbocycles. The highest BCUT2D eigenvalue weighted by atomic mass is 14.4. The topological polar surface area (TPSA) is 23.8 Å². The molecule has 2 saturated carbocycles. The monoisotopic (exact) mass is 289 g/mol. The highest BCUT2D eigenvalue weighted by Gasteiger charge is 2.37. The number of unbranched alkanes of at least 4 members (excludes halogenated alkanes) is 4. The van der Waals surface area contributed by atoms with Crippen LogP contribution in [-0.2, 0) is 0 Å². The Morgan fingerprint density at radius 3 is 2.10 bits per heavy atom. The summed E-state index contributed by atoms with van der Waals surface area (Å²) >= 11 is 0. The van der Waals surface area contributed by atoms with Crippen LogP contribution in [-0.4, -0.2) is 0 Å². The van der Waals surface area contributed by atoms with Crippen LogP contribution >= 0.6 is 0 Å². The zero-order valence-electron chi connectivity index (χ0n) is 14.2. The fourth-order valence-electron chi connectivity index (χ4n) is 4.75. The molecule has 0 amide bonds. The maximum Gasteiger partial charge on any atom is 0.0689 e. The number of hydrogen-bond acceptors (Lipinski definition) is 1. The van der Waals surface area contributed by atoms with Gasteiger partial charge in [0.25, 0.3) is 0 Å². The first kappa shape index (κ1) is 16.9. The molecule has 2 fully saturated rings. The van der Waals surface area contributed by atoms with Gasteiger partial charge in [0, 0.05) is 0 Å². The minimum atomic E-state index is 0.0530. The van der Waals surface area contributed by atoms with Crippen molar-refractivity contribution in [3.63, 3.8) is 0 Å². The Morgan fingerprint density at radius 1 is 0.857 bits per heavy atom. The molecule has 1 nitrogen and oxygen atoms in total. The number of hydrogen-bond donors (Lipinski definition) is 0. The summed E-state index contributed by atoms with van der Waals surface area (Å²) in [6, 6.07) is 2.73. The fourth-order valence-corrected chi connectivity index (χ4v) is 4.75. The van der Waals surface area contributed by atoms with Crippen molar-refractivity contribution in [3.05, 3.63) is 0 Å². The van der Waals surface area contributed by atoms with Gasteiger partial charge < -0.3 is 0 Å². The fraction of sp³-hybridized carbons (Fsp3) is 0.950. The molecular formula is C20H35N. The van der Waals surface area contributed by atoms with Gasteiger partial charge >= 0.3 is 0 Å². The Bertz CT molecular complexity index is 313. The molecule has 0 spiro atoms. The molecule has 0 saturated heterocycles. The van der Waals surface area contributed by atoms with E-state index in [0.717, 1.165) is 11.8 Å². The summed E-state index contributed by atoms with van der Waals surface area (Å²) in [5, 5.41) is 9.69. The van der Waals surface area contributed by atoms with Crippen LogP contribution in [0.5, 0.6) is 0 Å². The minimum Gasteiger partial charge on any atom is -0.198 e. The summed E-state index contributed by atoms with van der Waals surface area (Å²) in [5.74, 6) is 1.95. The highest BCUT2D eigenvalue weighted by Crippen LogP contribution is 2.46. The van der Waals surface area contributed by atoms with Crippen molar-refractivity contribution in [2.75, 3.05) is 0 Å². The van der Waals surface area contributed by atoms with Crippen LogP contribution in [0.25, 0.3) is 0 Å². The van der Waals surface area contributed by atoms with Gasteiger partial charge in [-0.2, -0.15) is 5.26 Å². The standard InChI is InChI=1S/C20H35N/c1-2-3-4-5-9-14-20(17-21)15-12-19(13-16-20)18-10-7-6-8-11-18/h18-19H,2-16H2,1H3/t19-,20+. The molecule has 2 aliphatic rings. The average Bonchev–Trinajstić information content (AvgIpc) is 2.56. The van der Waals surface area contributed by atoms with Crippen molar-refractivity contribution in [2.45, 2.75) is 103 Å². The Labute approximate surface area is 132 Å². The molecule has 0 N–H and O–H groups in total. The second kappa shape index (κ2) is 8.82. The van der Waals surface area contributed by atoms with Gasteiger partial charge in [0.15, 0.2) is 0 Å². The van der Waals surface area contributed by atoms with Crippen LogP contribution in [0, 0.1) is 28.6 Å². The SMILES string of the molecule is CCCCCCC[C@]1(C#N)CC[C@@H](C2CCCCC2)CC1. The molecule has 0 aromatic carbocycles. The molecule has 120 valence electrons. The summed E-state index contributed by atoms with van der Waals surface area (Å²) < 4.78 is 0. The second-order valence-corrected chi connectivity index (χ2v) is 7.79. The Hall–Kier alpha value is -0.510. The molecule has 1 heteroatoms. The van der Waals surface area contributed by atoms with Gasteiger partial charge in [0.1, 0.15) is 0 Å². The lowest BCUT2D eigenvalue weighted by Gasteiger charge is -2.39. The van der Waals surface area contributed by atoms with Crippen molar-refractivity contribution in [3.8, 4) is 6.07 Å². The van der Waals surface area contributed by atoms with E-state index in [1.165, 1.54) is 96.3 Å². The summed E-state index contributed by atoms with van der Waals surface area (Å²) in [6.07, 6.45) is 20.2. The molecule has 0 aliphatic heterocycles. The molecular weight excluding hydrogens is 254 g/mol. The lowest BCUT2D eigenvalue weighted by atomic mass is 9.64. The molecule has 2 rings (SSSR count). The van der Waals surface area contributed by atoms with Gasteiger partial charge in [-0.3, -0.25) is 0 Å². The van der Waals surface area contributed by atoms with E-state index >= 15 is 0 Å². The first-order chi connectivity index (χ1) is 10.3. The summed E-state index contributed by atoms with van der Waals surface area (Å²) in [4.78, 5) is 0. The lowest BCUT2D eigenvalue weighted by Crippen LogP contribution is -2.30. The third-order valence-electron chi connectivity index (χ3n) is 6.30. The van der Waals surface area contributed by atoms with Crippen LogP contribution < -0.4 is 0 Å². The van der Waals surface area contributed by atoms with Crippen molar-refractivity contribution >= 4 is 0 Å². The molecule has 0 unspecified atom stereocenters. The molecule has 0 atom stereocenters. The smallest absolute Gasteiger partial charge is 0.0689 e. The summed E-state index contributed by atoms with van der Waals surface area (Å²) in [5.41, 5.74) is 0.0530. The van der Waals surface area contributed by atoms with Crippen molar-refractivity contribution < 1.29 is 0 Å². The van der Waals surface area contributed by atoms with Crippen LogP contribution in [0.2, 0.25) is 0 Å². The Kier molecular flexibility index (Phi) is 7.08. The van der Waals surface area contributed by atoms with Gasteiger partial charge in [-0.05, 0) is 43.9 Å². The van der Waals surface area contributed by atoms with Gasteiger partial charge in [-0.25, -0.2) is 0 Å². The molecule has 0 aromatic rings. The van der Waals surface area contributed by atoms with Gasteiger partial charge in [-0.15, -0.1) is 0 Å². The Balaban J connectivity index is 1.72. The van der Waals surface area contributed by atoms with E-state index in [-0.39, 0.29) is 5.41 Å². The van der Waals surface area contributed by atoms with E-state index in [9.17, 15) is 5.26 Å². The van der Waals surface area contributed by atoms with E-state index in [0.29, 0.717) is 0 Å². The molecule has 21 heavy (non-hydrogen) atoms. The van der Waals surface area contributed by atoms with Crippen molar-refractivity contribution in [2.24, 2.45) is 17.3 Å². The third kappa shape index (κ3) is 5.01. The minimum absolute atomic E-state index is 0.0530. The van der Waals surface area contributed by atoms with E-state index in [2.05, 4.69) is 13.0 Å². The van der Waals surface area contributed by atoms with Crippen molar-refractivity contribution in [1.29, 1.82) is 5.26 Å². The van der Waals surface area contributed by atoms with E-state index in [1.54, 1.807) is 0 Å². The Morgan fingerprint density at radius 2 is 1.48 bits per heavy atom. The second-order valence-electron chi connectivity index (χ2n) is 7.79. The van der Waals surface area contributed by atoms with Gasteiger partial charge in [0.2, 0.25) is 0 Å². The van der Waals surface area contributed by atoms with E-state index < -0.39 is 0 Å². The summed E-state index contributed by atoms with van der Waals surface area (Å²) in [7, 11) is 0. The maximum absolute atomic E-state index is 9.69. The average molecular weight is 290 g/mol. The van der Waals surface area contributed by atoms with Crippen LogP contribution in [0.3, 0.4) is 0 Å². The van der Waals surface area contributed by atoms with Crippen LogP contribution in [0.4, 0.5) is 0 Å². The molecule has 0 bridgehead atoms. The van der Waals surface area contributed by atoms with Gasteiger partial charge in [0.05, 0.1) is 11.5 Å². The molecule has 0 heterocycles. The zero-order valence-corrected chi connectivity index (χ0v) is 14.2. The van der Waals surface area contributed by atoms with Crippen LogP contribution in [0.15, 0.2) is 0 Å². The maximum atomic E-state index is 9.69. The van der Waals surface area contributed by atoms with Crippen molar-refractivity contribution in [1.82, 2.24) is 0 Å². The molecule has 0 radical (unpaired) electrons. The predicted octanol–water partition coefficient (Wildman–Crippen LogP) is 6.63. The first-order valence-corrected chi connectivity index (χ1v) is 9.71. The quantitative estimate of drug-likeness (QED) is 0.483. The highest BCUT2D eigenvalue weighted by molar-refractivity contribution is 5.02. The van der Waals surface area contributed by atoms with Crippen LogP contribution in [0.1, 0.15) is 103 Å². The first-order valence-electron chi connectivity index (χ1n) is 9.71. The summed E-state index contributed by atoms with van der Waals surface area (Å²) in [6.45, 7) is 2.27. The number of nitrogens with zero attached hydrogens (tertiary/aromatic N) is 1. The van der Waals surface area contributed by atoms with E-state index in [4.69, 9.17) is 0 Å².